The van der Waals surface area contributed by atoms with E-state index in [1.54, 1.807) is 24.4 Å². The first-order valence-corrected chi connectivity index (χ1v) is 10.5. The van der Waals surface area contributed by atoms with Gasteiger partial charge in [-0.05, 0) is 50.6 Å². The maximum absolute atomic E-state index is 12.5. The van der Waals surface area contributed by atoms with E-state index in [0.29, 0.717) is 17.0 Å². The molecule has 10 heteroatoms. The van der Waals surface area contributed by atoms with Crippen LogP contribution in [-0.2, 0) is 10.0 Å². The van der Waals surface area contributed by atoms with Crippen LogP contribution in [0.2, 0.25) is 0 Å². The summed E-state index contributed by atoms with van der Waals surface area (Å²) in [6.07, 6.45) is 2.41. The lowest BCUT2D eigenvalue weighted by Crippen LogP contribution is -2.30. The van der Waals surface area contributed by atoms with Crippen LogP contribution in [0.4, 0.5) is 5.82 Å². The van der Waals surface area contributed by atoms with Gasteiger partial charge in [0, 0.05) is 29.6 Å². The van der Waals surface area contributed by atoms with E-state index in [4.69, 9.17) is 5.73 Å². The molecule has 4 N–H and O–H groups in total. The molecule has 0 saturated carbocycles. The molecule has 0 bridgehead atoms. The third-order valence-electron chi connectivity index (χ3n) is 4.33. The third-order valence-corrected chi connectivity index (χ3v) is 5.76. The van der Waals surface area contributed by atoms with Crippen LogP contribution in [0.1, 0.15) is 18.2 Å². The van der Waals surface area contributed by atoms with Crippen LogP contribution in [-0.4, -0.2) is 41.1 Å². The topological polar surface area (TPSA) is 131 Å². The first kappa shape index (κ1) is 23.7. The Kier molecular flexibility index (Phi) is 7.54. The zero-order valence-corrected chi connectivity index (χ0v) is 18.7. The van der Waals surface area contributed by atoms with Gasteiger partial charge in [-0.15, -0.1) is 0 Å². The van der Waals surface area contributed by atoms with Gasteiger partial charge >= 0.3 is 0 Å². The number of pyridine rings is 1. The number of nitrogens with zero attached hydrogens (tertiary/aromatic N) is 3. The van der Waals surface area contributed by atoms with Crippen LogP contribution >= 0.6 is 13.5 Å². The van der Waals surface area contributed by atoms with Crippen LogP contribution in [0.3, 0.4) is 0 Å². The molecule has 3 rings (SSSR count). The maximum Gasteiger partial charge on any atom is 0.240 e. The number of aliphatic hydroxyl groups is 1. The fourth-order valence-corrected chi connectivity index (χ4v) is 3.94. The van der Waals surface area contributed by atoms with E-state index >= 15 is 0 Å². The molecule has 0 fully saturated rings. The summed E-state index contributed by atoms with van der Waals surface area (Å²) in [5.74, 6) is 0.277. The summed E-state index contributed by atoms with van der Waals surface area (Å²) in [5.41, 5.74) is 10.1. The van der Waals surface area contributed by atoms with Crippen molar-refractivity contribution in [3.63, 3.8) is 0 Å². The molecule has 0 aliphatic rings. The molecular formula is C20H25N5O3S2. The van der Waals surface area contributed by atoms with Crippen molar-refractivity contribution < 1.29 is 13.5 Å². The first-order chi connectivity index (χ1) is 13.7. The van der Waals surface area contributed by atoms with Crippen molar-refractivity contribution in [2.24, 2.45) is 0 Å². The van der Waals surface area contributed by atoms with Crippen molar-refractivity contribution in [1.29, 1.82) is 0 Å². The van der Waals surface area contributed by atoms with Crippen molar-refractivity contribution in [2.75, 3.05) is 12.3 Å². The normalized spacial score (nSPS) is 12.3. The van der Waals surface area contributed by atoms with Gasteiger partial charge in [-0.1, -0.05) is 6.07 Å². The molecule has 3 aromatic rings. The van der Waals surface area contributed by atoms with Gasteiger partial charge in [0.1, 0.15) is 11.5 Å². The summed E-state index contributed by atoms with van der Waals surface area (Å²) >= 11 is 0. The fourth-order valence-electron chi connectivity index (χ4n) is 2.79. The van der Waals surface area contributed by atoms with Crippen molar-refractivity contribution in [1.82, 2.24) is 19.7 Å². The molecule has 30 heavy (non-hydrogen) atoms. The monoisotopic (exact) mass is 447 g/mol. The summed E-state index contributed by atoms with van der Waals surface area (Å²) in [6.45, 7) is 5.17. The number of rotatable bonds is 6. The number of aryl methyl sites for hydroxylation is 2. The average Bonchev–Trinajstić information content (AvgIpc) is 2.67. The molecule has 0 radical (unpaired) electrons. The van der Waals surface area contributed by atoms with Crippen molar-refractivity contribution >= 4 is 29.3 Å². The van der Waals surface area contributed by atoms with Crippen molar-refractivity contribution in [2.45, 2.75) is 31.8 Å². The van der Waals surface area contributed by atoms with Crippen LogP contribution < -0.4 is 10.5 Å². The fraction of sp³-hybridized carbons (Fsp3) is 0.250. The summed E-state index contributed by atoms with van der Waals surface area (Å²) in [5, 5.41) is 9.36. The highest BCUT2D eigenvalue weighted by atomic mass is 32.2. The highest BCUT2D eigenvalue weighted by molar-refractivity contribution is 7.89. The van der Waals surface area contributed by atoms with Gasteiger partial charge in [0.05, 0.1) is 22.9 Å². The molecule has 0 aliphatic heterocycles. The highest BCUT2D eigenvalue weighted by Crippen LogP contribution is 2.29. The van der Waals surface area contributed by atoms with E-state index in [1.807, 2.05) is 19.9 Å². The number of hydrogen-bond acceptors (Lipinski definition) is 7. The zero-order valence-electron chi connectivity index (χ0n) is 16.9. The van der Waals surface area contributed by atoms with E-state index in [-0.39, 0.29) is 30.8 Å². The van der Waals surface area contributed by atoms with E-state index in [9.17, 15) is 13.5 Å². The Morgan fingerprint density at radius 3 is 2.57 bits per heavy atom. The second-order valence-electron chi connectivity index (χ2n) is 6.85. The minimum absolute atomic E-state index is 0. The standard InChI is InChI=1S/C20H23N5O3S.H2S/c1-12-4-5-16(29(27,28)24-10-14(3)26)9-17(12)18-11-23-20(21)19(25-18)15-6-7-22-13(2)8-15;/h4-9,11,14,24,26H,10H2,1-3H3,(H2,21,23);1H2/t14-;/m0./s1. The van der Waals surface area contributed by atoms with Gasteiger partial charge in [0.25, 0.3) is 0 Å². The lowest BCUT2D eigenvalue weighted by atomic mass is 10.1. The Balaban J connectivity index is 0.00000320. The van der Waals surface area contributed by atoms with E-state index in [1.165, 1.54) is 19.2 Å². The van der Waals surface area contributed by atoms with Crippen molar-refractivity contribution in [3.05, 3.63) is 54.0 Å². The maximum atomic E-state index is 12.5. The van der Waals surface area contributed by atoms with Gasteiger partial charge < -0.3 is 10.8 Å². The molecule has 0 unspecified atom stereocenters. The number of nitrogen functional groups attached to an aromatic ring is 1. The van der Waals surface area contributed by atoms with Gasteiger partial charge in [0.15, 0.2) is 0 Å². The van der Waals surface area contributed by atoms with E-state index < -0.39 is 16.1 Å². The van der Waals surface area contributed by atoms with Gasteiger partial charge in [0.2, 0.25) is 10.0 Å². The van der Waals surface area contributed by atoms with Crippen LogP contribution in [0, 0.1) is 13.8 Å². The molecule has 2 aromatic heterocycles. The Morgan fingerprint density at radius 1 is 1.17 bits per heavy atom. The minimum Gasteiger partial charge on any atom is -0.392 e. The Hall–Kier alpha value is -2.53. The molecule has 1 aromatic carbocycles. The molecule has 8 nitrogen and oxygen atoms in total. The molecule has 0 amide bonds. The largest absolute Gasteiger partial charge is 0.392 e. The van der Waals surface area contributed by atoms with Gasteiger partial charge in [-0.2, -0.15) is 13.5 Å². The zero-order chi connectivity index (χ0) is 21.2. The quantitative estimate of drug-likeness (QED) is 0.528. The second kappa shape index (κ2) is 9.52. The summed E-state index contributed by atoms with van der Waals surface area (Å²) in [4.78, 5) is 13.2. The minimum atomic E-state index is -3.77. The molecular weight excluding hydrogens is 422 g/mol. The molecule has 1 atom stereocenters. The summed E-state index contributed by atoms with van der Waals surface area (Å²) in [7, 11) is -3.77. The smallest absolute Gasteiger partial charge is 0.240 e. The van der Waals surface area contributed by atoms with Crippen LogP contribution in [0.5, 0.6) is 0 Å². The lowest BCUT2D eigenvalue weighted by molar-refractivity contribution is 0.198. The average molecular weight is 448 g/mol. The molecule has 0 spiro atoms. The number of hydrogen-bond donors (Lipinski definition) is 3. The second-order valence-corrected chi connectivity index (χ2v) is 8.62. The van der Waals surface area contributed by atoms with Gasteiger partial charge in [-0.25, -0.2) is 23.1 Å². The Morgan fingerprint density at radius 2 is 1.90 bits per heavy atom. The van der Waals surface area contributed by atoms with E-state index in [2.05, 4.69) is 19.7 Å². The summed E-state index contributed by atoms with van der Waals surface area (Å²) in [6, 6.07) is 8.42. The number of nitrogens with one attached hydrogen (secondary N) is 1. The number of anilines is 1. The number of sulfonamides is 1. The number of nitrogens with two attached hydrogens (primary N) is 1. The van der Waals surface area contributed by atoms with Crippen LogP contribution in [0.15, 0.2) is 47.6 Å². The SMILES string of the molecule is Cc1cc(-c2nc(-c3cc(S(=O)(=O)NC[C@H](C)O)ccc3C)cnc2N)ccn1.S. The summed E-state index contributed by atoms with van der Waals surface area (Å²) < 4.78 is 27.4. The highest BCUT2D eigenvalue weighted by Gasteiger charge is 2.18. The Bertz CT molecular complexity index is 1150. The molecule has 0 saturated heterocycles. The van der Waals surface area contributed by atoms with Crippen LogP contribution in [0.25, 0.3) is 22.5 Å². The number of aliphatic hydroxyl groups excluding tert-OH is 1. The third kappa shape index (κ3) is 5.33. The molecule has 2 heterocycles. The van der Waals surface area contributed by atoms with Crippen molar-refractivity contribution in [3.8, 4) is 22.5 Å². The predicted molar refractivity (Wildman–Crippen MR) is 122 cm³/mol. The number of benzene rings is 1. The molecule has 160 valence electrons. The van der Waals surface area contributed by atoms with E-state index in [0.717, 1.165) is 16.8 Å². The first-order valence-electron chi connectivity index (χ1n) is 9.01. The van der Waals surface area contributed by atoms with Gasteiger partial charge in [-0.3, -0.25) is 4.98 Å². The number of aromatic nitrogens is 3. The predicted octanol–water partition coefficient (Wildman–Crippen LogP) is 2.18. The Labute approximate surface area is 183 Å². The molecule has 0 aliphatic carbocycles. The lowest BCUT2D eigenvalue weighted by Gasteiger charge is -2.13.